The zero-order valence-corrected chi connectivity index (χ0v) is 11.3. The Morgan fingerprint density at radius 2 is 1.89 bits per heavy atom. The minimum absolute atomic E-state index is 0.259. The fraction of sp³-hybridized carbons (Fsp3) is 0.333. The summed E-state index contributed by atoms with van der Waals surface area (Å²) in [5.41, 5.74) is 4.45. The molecule has 1 aliphatic rings. The van der Waals surface area contributed by atoms with Gasteiger partial charge in [-0.3, -0.25) is 15.0 Å². The second kappa shape index (κ2) is 5.69. The summed E-state index contributed by atoms with van der Waals surface area (Å²) in [4.78, 5) is 24.2. The number of nitrogens with zero attached hydrogens (tertiary/aromatic N) is 1. The fourth-order valence-electron chi connectivity index (χ4n) is 2.12. The topological polar surface area (TPSA) is 49.4 Å². The van der Waals surface area contributed by atoms with Crippen molar-refractivity contribution in [2.45, 2.75) is 33.1 Å². The molecule has 2 amide bonds. The van der Waals surface area contributed by atoms with E-state index in [-0.39, 0.29) is 17.4 Å². The van der Waals surface area contributed by atoms with Crippen LogP contribution in [-0.4, -0.2) is 11.8 Å². The van der Waals surface area contributed by atoms with Crippen molar-refractivity contribution in [1.29, 1.82) is 0 Å². The van der Waals surface area contributed by atoms with Gasteiger partial charge in [0.05, 0.1) is 5.69 Å². The van der Waals surface area contributed by atoms with E-state index in [9.17, 15) is 9.59 Å². The molecule has 0 radical (unpaired) electrons. The molecule has 0 saturated carbocycles. The van der Waals surface area contributed by atoms with Gasteiger partial charge in [0.25, 0.3) is 11.8 Å². The van der Waals surface area contributed by atoms with Crippen LogP contribution in [0.3, 0.4) is 0 Å². The number of nitrogens with one attached hydrogen (secondary N) is 1. The number of hydrazine groups is 1. The molecule has 0 aliphatic carbocycles. The number of para-hydroxylation sites is 1. The Balaban J connectivity index is 2.26. The highest BCUT2D eigenvalue weighted by molar-refractivity contribution is 6.29. The molecule has 4 heteroatoms. The van der Waals surface area contributed by atoms with Crippen LogP contribution in [0.1, 0.15) is 33.1 Å². The summed E-state index contributed by atoms with van der Waals surface area (Å²) in [5, 5.41) is 1.31. The number of carbonyl (C=O) groups is 2. The predicted molar refractivity (Wildman–Crippen MR) is 74.3 cm³/mol. The first-order valence-electron chi connectivity index (χ1n) is 6.55. The lowest BCUT2D eigenvalue weighted by Crippen LogP contribution is -2.35. The van der Waals surface area contributed by atoms with E-state index < -0.39 is 0 Å². The molecule has 0 unspecified atom stereocenters. The summed E-state index contributed by atoms with van der Waals surface area (Å²) in [5.74, 6) is -0.563. The number of hydrogen-bond donors (Lipinski definition) is 1. The molecule has 0 spiro atoms. The largest absolute Gasteiger partial charge is 0.282 e. The summed E-state index contributed by atoms with van der Waals surface area (Å²) in [6.45, 7) is 3.95. The molecule has 1 aliphatic heterocycles. The van der Waals surface area contributed by atoms with Gasteiger partial charge in [-0.1, -0.05) is 37.1 Å². The molecule has 0 bridgehead atoms. The first kappa shape index (κ1) is 13.3. The smallest absolute Gasteiger partial charge is 0.267 e. The highest BCUT2D eigenvalue weighted by Crippen LogP contribution is 2.23. The monoisotopic (exact) mass is 258 g/mol. The van der Waals surface area contributed by atoms with Crippen molar-refractivity contribution in [3.8, 4) is 0 Å². The number of allylic oxidation sites excluding steroid dienone is 1. The SMILES string of the molecule is CCCC/C(C)=C1/C(=O)NN(c2ccccc2)C1=O. The van der Waals surface area contributed by atoms with E-state index in [1.54, 1.807) is 12.1 Å². The summed E-state index contributed by atoms with van der Waals surface area (Å²) < 4.78 is 0. The number of carbonyl (C=O) groups excluding carboxylic acids is 2. The zero-order valence-electron chi connectivity index (χ0n) is 11.3. The van der Waals surface area contributed by atoms with Gasteiger partial charge in [0.1, 0.15) is 5.57 Å². The molecule has 1 aromatic rings. The minimum Gasteiger partial charge on any atom is -0.267 e. The summed E-state index contributed by atoms with van der Waals surface area (Å²) in [6, 6.07) is 9.13. The summed E-state index contributed by atoms with van der Waals surface area (Å²) >= 11 is 0. The van der Waals surface area contributed by atoms with E-state index in [1.807, 2.05) is 25.1 Å². The van der Waals surface area contributed by atoms with Crippen LogP contribution in [0.25, 0.3) is 0 Å². The molecular weight excluding hydrogens is 240 g/mol. The average molecular weight is 258 g/mol. The van der Waals surface area contributed by atoms with Crippen molar-refractivity contribution in [2.24, 2.45) is 0 Å². The van der Waals surface area contributed by atoms with Gasteiger partial charge < -0.3 is 0 Å². The highest BCUT2D eigenvalue weighted by Gasteiger charge is 2.35. The van der Waals surface area contributed by atoms with Crippen molar-refractivity contribution >= 4 is 17.5 Å². The van der Waals surface area contributed by atoms with Crippen LogP contribution >= 0.6 is 0 Å². The van der Waals surface area contributed by atoms with Crippen LogP contribution in [0, 0.1) is 0 Å². The number of rotatable bonds is 4. The Kier molecular flexibility index (Phi) is 4.00. The summed E-state index contributed by atoms with van der Waals surface area (Å²) in [7, 11) is 0. The van der Waals surface area contributed by atoms with Crippen molar-refractivity contribution in [3.05, 3.63) is 41.5 Å². The third-order valence-corrected chi connectivity index (χ3v) is 3.20. The maximum Gasteiger partial charge on any atom is 0.282 e. The molecule has 0 atom stereocenters. The Morgan fingerprint density at radius 3 is 2.53 bits per heavy atom. The van der Waals surface area contributed by atoms with Gasteiger partial charge >= 0.3 is 0 Å². The zero-order chi connectivity index (χ0) is 13.8. The number of hydrogen-bond acceptors (Lipinski definition) is 2. The quantitative estimate of drug-likeness (QED) is 0.666. The van der Waals surface area contributed by atoms with E-state index >= 15 is 0 Å². The van der Waals surface area contributed by atoms with Gasteiger partial charge in [-0.2, -0.15) is 0 Å². The lowest BCUT2D eigenvalue weighted by molar-refractivity contribution is -0.117. The van der Waals surface area contributed by atoms with Gasteiger partial charge in [0, 0.05) is 0 Å². The second-order valence-corrected chi connectivity index (χ2v) is 4.68. The fourth-order valence-corrected chi connectivity index (χ4v) is 2.12. The molecule has 4 nitrogen and oxygen atoms in total. The molecule has 1 heterocycles. The Morgan fingerprint density at radius 1 is 1.21 bits per heavy atom. The Labute approximate surface area is 113 Å². The van der Waals surface area contributed by atoms with Crippen molar-refractivity contribution in [1.82, 2.24) is 5.43 Å². The molecule has 1 aromatic carbocycles. The van der Waals surface area contributed by atoms with E-state index in [4.69, 9.17) is 0 Å². The standard InChI is InChI=1S/C15H18N2O2/c1-3-4-8-11(2)13-14(18)16-17(15(13)19)12-9-6-5-7-10-12/h5-7,9-10H,3-4,8H2,1-2H3,(H,16,18)/b13-11-. The maximum atomic E-state index is 12.3. The van der Waals surface area contributed by atoms with Crippen LogP contribution in [0.15, 0.2) is 41.5 Å². The van der Waals surface area contributed by atoms with Crippen molar-refractivity contribution in [2.75, 3.05) is 5.01 Å². The second-order valence-electron chi connectivity index (χ2n) is 4.68. The molecule has 1 saturated heterocycles. The minimum atomic E-state index is -0.303. The predicted octanol–water partition coefficient (Wildman–Crippen LogP) is 2.57. The van der Waals surface area contributed by atoms with Crippen LogP contribution < -0.4 is 10.4 Å². The van der Waals surface area contributed by atoms with E-state index in [2.05, 4.69) is 12.3 Å². The number of amides is 2. The normalized spacial score (nSPS) is 17.7. The van der Waals surface area contributed by atoms with Gasteiger partial charge in [0.15, 0.2) is 0 Å². The molecule has 1 fully saturated rings. The van der Waals surface area contributed by atoms with E-state index in [1.165, 1.54) is 5.01 Å². The van der Waals surface area contributed by atoms with Crippen molar-refractivity contribution in [3.63, 3.8) is 0 Å². The maximum absolute atomic E-state index is 12.3. The number of unbranched alkanes of at least 4 members (excludes halogenated alkanes) is 1. The first-order valence-corrected chi connectivity index (χ1v) is 6.55. The Hall–Kier alpha value is -2.10. The molecule has 100 valence electrons. The number of anilines is 1. The van der Waals surface area contributed by atoms with Crippen LogP contribution in [0.4, 0.5) is 5.69 Å². The lowest BCUT2D eigenvalue weighted by atomic mass is 10.0. The van der Waals surface area contributed by atoms with Crippen LogP contribution in [0.5, 0.6) is 0 Å². The van der Waals surface area contributed by atoms with Crippen molar-refractivity contribution < 1.29 is 9.59 Å². The first-order chi connectivity index (χ1) is 9.15. The highest BCUT2D eigenvalue weighted by atomic mass is 16.2. The Bertz CT molecular complexity index is 520. The van der Waals surface area contributed by atoms with Gasteiger partial charge in [-0.15, -0.1) is 0 Å². The molecular formula is C15H18N2O2. The summed E-state index contributed by atoms with van der Waals surface area (Å²) in [6.07, 6.45) is 2.82. The molecule has 1 N–H and O–H groups in total. The lowest BCUT2D eigenvalue weighted by Gasteiger charge is -2.14. The van der Waals surface area contributed by atoms with Gasteiger partial charge in [-0.05, 0) is 31.9 Å². The van der Waals surface area contributed by atoms with E-state index in [0.29, 0.717) is 5.69 Å². The number of benzene rings is 1. The van der Waals surface area contributed by atoms with Crippen LogP contribution in [-0.2, 0) is 9.59 Å². The third-order valence-electron chi connectivity index (χ3n) is 3.20. The van der Waals surface area contributed by atoms with Crippen LogP contribution in [0.2, 0.25) is 0 Å². The third kappa shape index (κ3) is 2.67. The average Bonchev–Trinajstić information content (AvgIpc) is 2.72. The molecule has 0 aromatic heterocycles. The van der Waals surface area contributed by atoms with Gasteiger partial charge in [-0.25, -0.2) is 5.01 Å². The molecule has 19 heavy (non-hydrogen) atoms. The van der Waals surface area contributed by atoms with E-state index in [0.717, 1.165) is 24.8 Å². The van der Waals surface area contributed by atoms with Gasteiger partial charge in [0.2, 0.25) is 0 Å². The molecule has 2 rings (SSSR count).